The molecule has 2 aromatic carbocycles. The molecule has 0 saturated heterocycles. The molecule has 1 N–H and O–H groups in total. The quantitative estimate of drug-likeness (QED) is 0.680. The van der Waals surface area contributed by atoms with E-state index < -0.39 is 5.82 Å². The fourth-order valence-corrected chi connectivity index (χ4v) is 2.47. The molecule has 0 atom stereocenters. The van der Waals surface area contributed by atoms with Gasteiger partial charge in [0.25, 0.3) is 5.91 Å². The second kappa shape index (κ2) is 7.40. The molecule has 1 amide bonds. The highest BCUT2D eigenvalue weighted by Crippen LogP contribution is 2.24. The number of hydrogen-bond donors (Lipinski definition) is 1. The number of furan rings is 1. The lowest BCUT2D eigenvalue weighted by atomic mass is 10.2. The highest BCUT2D eigenvalue weighted by molar-refractivity contribution is 6.31. The van der Waals surface area contributed by atoms with Crippen LogP contribution in [0, 0.1) is 12.7 Å². The van der Waals surface area contributed by atoms with Crippen LogP contribution in [0.2, 0.25) is 5.02 Å². The molecule has 4 nitrogen and oxygen atoms in total. The van der Waals surface area contributed by atoms with Crippen LogP contribution < -0.4 is 10.1 Å². The zero-order chi connectivity index (χ0) is 17.8. The fourth-order valence-electron chi connectivity index (χ4n) is 2.30. The van der Waals surface area contributed by atoms with Crippen molar-refractivity contribution in [1.29, 1.82) is 0 Å². The Kier molecular flexibility index (Phi) is 5.05. The lowest BCUT2D eigenvalue weighted by Crippen LogP contribution is -2.12. The maximum Gasteiger partial charge on any atom is 0.259 e. The van der Waals surface area contributed by atoms with E-state index in [0.29, 0.717) is 27.6 Å². The SMILES string of the molecule is Cc1occc1C(=O)Nc1ccc(Cl)c(COc2ccccc2F)c1. The maximum absolute atomic E-state index is 13.6. The molecule has 6 heteroatoms. The van der Waals surface area contributed by atoms with Crippen molar-refractivity contribution >= 4 is 23.2 Å². The first-order valence-electron chi connectivity index (χ1n) is 7.56. The van der Waals surface area contributed by atoms with E-state index in [4.69, 9.17) is 20.8 Å². The largest absolute Gasteiger partial charge is 0.486 e. The van der Waals surface area contributed by atoms with E-state index in [9.17, 15) is 9.18 Å². The first-order chi connectivity index (χ1) is 12.0. The number of rotatable bonds is 5. The Morgan fingerprint density at radius 2 is 2.04 bits per heavy atom. The average Bonchev–Trinajstić information content (AvgIpc) is 3.03. The number of carbonyl (C=O) groups is 1. The molecule has 3 rings (SSSR count). The molecule has 3 aromatic rings. The monoisotopic (exact) mass is 359 g/mol. The molecule has 128 valence electrons. The van der Waals surface area contributed by atoms with Crippen molar-refractivity contribution in [1.82, 2.24) is 0 Å². The summed E-state index contributed by atoms with van der Waals surface area (Å²) in [7, 11) is 0. The van der Waals surface area contributed by atoms with E-state index in [0.717, 1.165) is 0 Å². The van der Waals surface area contributed by atoms with Gasteiger partial charge in [0.05, 0.1) is 11.8 Å². The van der Waals surface area contributed by atoms with Crippen molar-refractivity contribution in [3.8, 4) is 5.75 Å². The van der Waals surface area contributed by atoms with Gasteiger partial charge in [0.1, 0.15) is 12.4 Å². The second-order valence-corrected chi connectivity index (χ2v) is 5.78. The van der Waals surface area contributed by atoms with Crippen LogP contribution >= 0.6 is 11.6 Å². The van der Waals surface area contributed by atoms with Gasteiger partial charge in [0, 0.05) is 16.3 Å². The van der Waals surface area contributed by atoms with Gasteiger partial charge in [-0.3, -0.25) is 4.79 Å². The van der Waals surface area contributed by atoms with Crippen LogP contribution in [0.4, 0.5) is 10.1 Å². The predicted octanol–water partition coefficient (Wildman–Crippen LogP) is 5.21. The third-order valence-corrected chi connectivity index (χ3v) is 4.00. The van der Waals surface area contributed by atoms with Gasteiger partial charge in [-0.2, -0.15) is 0 Å². The Balaban J connectivity index is 1.73. The van der Waals surface area contributed by atoms with Crippen LogP contribution in [0.15, 0.2) is 59.2 Å². The van der Waals surface area contributed by atoms with Crippen molar-refractivity contribution in [2.75, 3.05) is 5.32 Å². The normalized spacial score (nSPS) is 10.5. The number of anilines is 1. The van der Waals surface area contributed by atoms with Gasteiger partial charge < -0.3 is 14.5 Å². The van der Waals surface area contributed by atoms with Crippen molar-refractivity contribution in [3.05, 3.63) is 82.5 Å². The number of benzene rings is 2. The van der Waals surface area contributed by atoms with Crippen LogP contribution in [0.3, 0.4) is 0 Å². The minimum atomic E-state index is -0.446. The third-order valence-electron chi connectivity index (χ3n) is 3.63. The molecule has 0 aliphatic rings. The first kappa shape index (κ1) is 17.0. The molecule has 25 heavy (non-hydrogen) atoms. The summed E-state index contributed by atoms with van der Waals surface area (Å²) < 4.78 is 24.2. The summed E-state index contributed by atoms with van der Waals surface area (Å²) in [4.78, 5) is 12.2. The van der Waals surface area contributed by atoms with E-state index in [1.165, 1.54) is 18.4 Å². The van der Waals surface area contributed by atoms with Crippen molar-refractivity contribution < 1.29 is 18.3 Å². The van der Waals surface area contributed by atoms with Gasteiger partial charge in [-0.15, -0.1) is 0 Å². The Hall–Kier alpha value is -2.79. The van der Waals surface area contributed by atoms with Crippen LogP contribution in [0.25, 0.3) is 0 Å². The summed E-state index contributed by atoms with van der Waals surface area (Å²) in [5.41, 5.74) is 1.65. The Bertz CT molecular complexity index is 907. The number of halogens is 2. The van der Waals surface area contributed by atoms with Crippen LogP contribution in [-0.2, 0) is 6.61 Å². The molecule has 0 saturated carbocycles. The van der Waals surface area contributed by atoms with Gasteiger partial charge >= 0.3 is 0 Å². The van der Waals surface area contributed by atoms with Gasteiger partial charge in [-0.1, -0.05) is 23.7 Å². The lowest BCUT2D eigenvalue weighted by Gasteiger charge is -2.11. The standard InChI is InChI=1S/C19H15ClFNO3/c1-12-15(8-9-24-12)19(23)22-14-6-7-16(20)13(10-14)11-25-18-5-3-2-4-17(18)21/h2-10H,11H2,1H3,(H,22,23). The summed E-state index contributed by atoms with van der Waals surface area (Å²) in [6.45, 7) is 1.79. The molecule has 0 aliphatic heterocycles. The summed E-state index contributed by atoms with van der Waals surface area (Å²) in [5.74, 6) is -0.0512. The highest BCUT2D eigenvalue weighted by Gasteiger charge is 2.13. The highest BCUT2D eigenvalue weighted by atomic mass is 35.5. The predicted molar refractivity (Wildman–Crippen MR) is 93.6 cm³/mol. The molecule has 0 unspecified atom stereocenters. The number of aryl methyl sites for hydroxylation is 1. The van der Waals surface area contributed by atoms with Crippen molar-refractivity contribution in [3.63, 3.8) is 0 Å². The zero-order valence-electron chi connectivity index (χ0n) is 13.4. The van der Waals surface area contributed by atoms with E-state index in [1.807, 2.05) is 0 Å². The van der Waals surface area contributed by atoms with Gasteiger partial charge in [0.15, 0.2) is 11.6 Å². The van der Waals surface area contributed by atoms with E-state index in [-0.39, 0.29) is 18.3 Å². The van der Waals surface area contributed by atoms with Gasteiger partial charge in [-0.05, 0) is 43.3 Å². The van der Waals surface area contributed by atoms with Crippen LogP contribution in [0.1, 0.15) is 21.7 Å². The van der Waals surface area contributed by atoms with Gasteiger partial charge in [-0.25, -0.2) is 4.39 Å². The third kappa shape index (κ3) is 4.00. The molecule has 0 bridgehead atoms. The van der Waals surface area contributed by atoms with Crippen molar-refractivity contribution in [2.45, 2.75) is 13.5 Å². The minimum absolute atomic E-state index is 0.0776. The molecule has 1 aromatic heterocycles. The van der Waals surface area contributed by atoms with Gasteiger partial charge in [0.2, 0.25) is 0 Å². The summed E-state index contributed by atoms with van der Waals surface area (Å²) >= 11 is 6.16. The summed E-state index contributed by atoms with van der Waals surface area (Å²) in [6.07, 6.45) is 1.46. The lowest BCUT2D eigenvalue weighted by molar-refractivity contribution is 0.102. The van der Waals surface area contributed by atoms with Crippen molar-refractivity contribution in [2.24, 2.45) is 0 Å². The molecule has 0 spiro atoms. The van der Waals surface area contributed by atoms with E-state index in [2.05, 4.69) is 5.32 Å². The van der Waals surface area contributed by atoms with Crippen LogP contribution in [0.5, 0.6) is 5.75 Å². The van der Waals surface area contributed by atoms with E-state index >= 15 is 0 Å². The Morgan fingerprint density at radius 3 is 2.76 bits per heavy atom. The molecule has 0 aliphatic carbocycles. The maximum atomic E-state index is 13.6. The number of nitrogens with one attached hydrogen (secondary N) is 1. The first-order valence-corrected chi connectivity index (χ1v) is 7.93. The zero-order valence-corrected chi connectivity index (χ0v) is 14.1. The number of para-hydroxylation sites is 1. The minimum Gasteiger partial charge on any atom is -0.486 e. The number of hydrogen-bond acceptors (Lipinski definition) is 3. The molecular weight excluding hydrogens is 345 g/mol. The Labute approximate surface area is 149 Å². The average molecular weight is 360 g/mol. The molecule has 1 heterocycles. The topological polar surface area (TPSA) is 51.5 Å². The van der Waals surface area contributed by atoms with E-state index in [1.54, 1.807) is 43.3 Å². The number of ether oxygens (including phenoxy) is 1. The smallest absolute Gasteiger partial charge is 0.259 e. The Morgan fingerprint density at radius 1 is 1.24 bits per heavy atom. The fraction of sp³-hybridized carbons (Fsp3) is 0.105. The number of carbonyl (C=O) groups excluding carboxylic acids is 1. The molecular formula is C19H15ClFNO3. The number of amides is 1. The molecule has 0 radical (unpaired) electrons. The molecule has 0 fully saturated rings. The summed E-state index contributed by atoms with van der Waals surface area (Å²) in [6, 6.07) is 12.8. The second-order valence-electron chi connectivity index (χ2n) is 5.37. The summed E-state index contributed by atoms with van der Waals surface area (Å²) in [5, 5.41) is 3.24. The van der Waals surface area contributed by atoms with Crippen LogP contribution in [-0.4, -0.2) is 5.91 Å².